The van der Waals surface area contributed by atoms with E-state index in [2.05, 4.69) is 46.5 Å². The number of benzene rings is 2. The van der Waals surface area contributed by atoms with E-state index < -0.39 is 5.25 Å². The summed E-state index contributed by atoms with van der Waals surface area (Å²) >= 11 is 1.35. The Kier molecular flexibility index (Phi) is 7.27. The molecule has 7 nitrogen and oxygen atoms in total. The van der Waals surface area contributed by atoms with Gasteiger partial charge < -0.3 is 10.1 Å². The first-order chi connectivity index (χ1) is 16.5. The third-order valence-corrected chi connectivity index (χ3v) is 6.26. The van der Waals surface area contributed by atoms with Crippen molar-refractivity contribution < 1.29 is 9.53 Å². The lowest BCUT2D eigenvalue weighted by Gasteiger charge is -2.16. The van der Waals surface area contributed by atoms with Gasteiger partial charge in [-0.05, 0) is 63.6 Å². The van der Waals surface area contributed by atoms with Crippen LogP contribution in [0, 0.1) is 13.8 Å². The summed E-state index contributed by atoms with van der Waals surface area (Å²) in [6.45, 7) is 8.40. The number of para-hydroxylation sites is 2. The van der Waals surface area contributed by atoms with Gasteiger partial charge in [-0.3, -0.25) is 14.3 Å². The van der Waals surface area contributed by atoms with Crippen LogP contribution in [0.15, 0.2) is 72.0 Å². The Labute approximate surface area is 203 Å². The number of hydrogen-bond donors (Lipinski definition) is 1. The Balaban J connectivity index is 1.65. The first-order valence-corrected chi connectivity index (χ1v) is 12.0. The molecule has 0 aliphatic heterocycles. The van der Waals surface area contributed by atoms with E-state index in [4.69, 9.17) is 4.74 Å². The van der Waals surface area contributed by atoms with Crippen molar-refractivity contribution in [1.82, 2.24) is 19.7 Å². The third-order valence-electron chi connectivity index (χ3n) is 5.22. The highest BCUT2D eigenvalue weighted by molar-refractivity contribution is 8.00. The first kappa shape index (κ1) is 23.5. The zero-order chi connectivity index (χ0) is 24.1. The predicted octanol–water partition coefficient (Wildman–Crippen LogP) is 5.46. The molecule has 0 saturated carbocycles. The summed E-state index contributed by atoms with van der Waals surface area (Å²) in [4.78, 5) is 17.5. The number of pyridine rings is 1. The number of nitrogens with zero attached hydrogens (tertiary/aromatic N) is 4. The maximum Gasteiger partial charge on any atom is 0.237 e. The fourth-order valence-corrected chi connectivity index (χ4v) is 4.44. The van der Waals surface area contributed by atoms with Crippen LogP contribution >= 0.6 is 11.8 Å². The number of amides is 1. The van der Waals surface area contributed by atoms with E-state index in [1.807, 2.05) is 66.9 Å². The smallest absolute Gasteiger partial charge is 0.237 e. The number of nitrogens with one attached hydrogen (secondary N) is 1. The molecule has 1 amide bonds. The molecule has 2 aromatic heterocycles. The third kappa shape index (κ3) is 5.12. The van der Waals surface area contributed by atoms with Crippen LogP contribution in [0.1, 0.15) is 25.0 Å². The van der Waals surface area contributed by atoms with Crippen LogP contribution in [0.3, 0.4) is 0 Å². The summed E-state index contributed by atoms with van der Waals surface area (Å²) in [7, 11) is 0. The molecule has 1 unspecified atom stereocenters. The van der Waals surface area contributed by atoms with Crippen molar-refractivity contribution in [3.8, 4) is 23.0 Å². The van der Waals surface area contributed by atoms with E-state index in [9.17, 15) is 4.79 Å². The van der Waals surface area contributed by atoms with Gasteiger partial charge in [-0.15, -0.1) is 10.2 Å². The summed E-state index contributed by atoms with van der Waals surface area (Å²) in [6.07, 6.45) is 1.73. The molecule has 8 heteroatoms. The molecule has 34 heavy (non-hydrogen) atoms. The molecule has 174 valence electrons. The minimum Gasteiger partial charge on any atom is -0.492 e. The molecule has 2 heterocycles. The second-order valence-corrected chi connectivity index (χ2v) is 9.13. The molecule has 0 spiro atoms. The topological polar surface area (TPSA) is 81.9 Å². The number of anilines is 1. The van der Waals surface area contributed by atoms with Gasteiger partial charge in [0.05, 0.1) is 23.2 Å². The van der Waals surface area contributed by atoms with Crippen molar-refractivity contribution in [1.29, 1.82) is 0 Å². The van der Waals surface area contributed by atoms with Gasteiger partial charge in [0, 0.05) is 6.20 Å². The fourth-order valence-electron chi connectivity index (χ4n) is 3.58. The van der Waals surface area contributed by atoms with Gasteiger partial charge in [-0.1, -0.05) is 47.7 Å². The van der Waals surface area contributed by atoms with Crippen molar-refractivity contribution in [2.75, 3.05) is 11.9 Å². The van der Waals surface area contributed by atoms with Crippen molar-refractivity contribution >= 4 is 23.4 Å². The van der Waals surface area contributed by atoms with Crippen LogP contribution in [0.4, 0.5) is 5.69 Å². The minimum atomic E-state index is -0.431. The number of ether oxygens (including phenoxy) is 1. The maximum absolute atomic E-state index is 13.1. The first-order valence-electron chi connectivity index (χ1n) is 11.1. The van der Waals surface area contributed by atoms with Crippen molar-refractivity contribution in [3.05, 3.63) is 78.0 Å². The molecule has 4 aromatic rings. The van der Waals surface area contributed by atoms with Crippen molar-refractivity contribution in [2.24, 2.45) is 0 Å². The van der Waals surface area contributed by atoms with Crippen LogP contribution in [-0.2, 0) is 4.79 Å². The SMILES string of the molecule is CCOc1ccccc1NC(=O)C(C)Sc1nnc(-c2ccccn2)n1-c1ccc(C)cc1C. The van der Waals surface area contributed by atoms with Crippen LogP contribution in [-0.4, -0.2) is 37.5 Å². The molecule has 0 radical (unpaired) electrons. The Morgan fingerprint density at radius 3 is 2.62 bits per heavy atom. The summed E-state index contributed by atoms with van der Waals surface area (Å²) in [5.74, 6) is 1.13. The quantitative estimate of drug-likeness (QED) is 0.342. The molecule has 0 fully saturated rings. The monoisotopic (exact) mass is 473 g/mol. The zero-order valence-electron chi connectivity index (χ0n) is 19.6. The number of hydrogen-bond acceptors (Lipinski definition) is 6. The Hall–Kier alpha value is -3.65. The Morgan fingerprint density at radius 2 is 1.88 bits per heavy atom. The van der Waals surface area contributed by atoms with Crippen molar-refractivity contribution in [2.45, 2.75) is 38.1 Å². The van der Waals surface area contributed by atoms with Gasteiger partial charge >= 0.3 is 0 Å². The normalized spacial score (nSPS) is 11.8. The second-order valence-electron chi connectivity index (χ2n) is 7.83. The average molecular weight is 474 g/mol. The number of carbonyl (C=O) groups is 1. The van der Waals surface area contributed by atoms with E-state index in [0.717, 1.165) is 11.3 Å². The fraction of sp³-hybridized carbons (Fsp3) is 0.231. The lowest BCUT2D eigenvalue weighted by Crippen LogP contribution is -2.23. The van der Waals surface area contributed by atoms with E-state index in [-0.39, 0.29) is 5.91 Å². The van der Waals surface area contributed by atoms with Crippen LogP contribution in [0.2, 0.25) is 0 Å². The number of aryl methyl sites for hydroxylation is 2. The summed E-state index contributed by atoms with van der Waals surface area (Å²) in [6, 6.07) is 19.3. The molecular formula is C26H27N5O2S. The maximum atomic E-state index is 13.1. The number of carbonyl (C=O) groups excluding carboxylic acids is 1. The minimum absolute atomic E-state index is 0.147. The lowest BCUT2D eigenvalue weighted by molar-refractivity contribution is -0.115. The highest BCUT2D eigenvalue weighted by Crippen LogP contribution is 2.32. The van der Waals surface area contributed by atoms with Gasteiger partial charge in [0.1, 0.15) is 11.4 Å². The molecule has 4 rings (SSSR count). The van der Waals surface area contributed by atoms with E-state index >= 15 is 0 Å². The number of rotatable bonds is 8. The largest absolute Gasteiger partial charge is 0.492 e. The second kappa shape index (κ2) is 10.5. The van der Waals surface area contributed by atoms with E-state index in [1.165, 1.54) is 17.3 Å². The van der Waals surface area contributed by atoms with E-state index in [1.54, 1.807) is 6.20 Å². The molecule has 2 aromatic carbocycles. The molecule has 1 N–H and O–H groups in total. The number of aromatic nitrogens is 4. The van der Waals surface area contributed by atoms with Gasteiger partial charge in [-0.2, -0.15) is 0 Å². The standard InChI is InChI=1S/C26H27N5O2S/c1-5-33-23-12-7-6-10-20(23)28-25(32)19(4)34-26-30-29-24(21-11-8-9-15-27-21)31(26)22-14-13-17(2)16-18(22)3/h6-16,19H,5H2,1-4H3,(H,28,32). The van der Waals surface area contributed by atoms with Gasteiger partial charge in [-0.25, -0.2) is 0 Å². The van der Waals surface area contributed by atoms with Gasteiger partial charge in [0.25, 0.3) is 0 Å². The zero-order valence-corrected chi connectivity index (χ0v) is 20.5. The summed E-state index contributed by atoms with van der Waals surface area (Å²) < 4.78 is 7.60. The van der Waals surface area contributed by atoms with E-state index in [0.29, 0.717) is 34.7 Å². The highest BCUT2D eigenvalue weighted by Gasteiger charge is 2.23. The molecule has 0 saturated heterocycles. The lowest BCUT2D eigenvalue weighted by atomic mass is 10.1. The highest BCUT2D eigenvalue weighted by atomic mass is 32.2. The average Bonchev–Trinajstić information content (AvgIpc) is 3.24. The predicted molar refractivity (Wildman–Crippen MR) is 136 cm³/mol. The molecule has 0 aliphatic rings. The Bertz CT molecular complexity index is 1290. The molecule has 0 aliphatic carbocycles. The molecular weight excluding hydrogens is 446 g/mol. The molecule has 1 atom stereocenters. The van der Waals surface area contributed by atoms with Crippen molar-refractivity contribution in [3.63, 3.8) is 0 Å². The summed E-state index contributed by atoms with van der Waals surface area (Å²) in [5.41, 5.74) is 4.56. The van der Waals surface area contributed by atoms with Gasteiger partial charge in [0.2, 0.25) is 5.91 Å². The van der Waals surface area contributed by atoms with Crippen LogP contribution in [0.5, 0.6) is 5.75 Å². The summed E-state index contributed by atoms with van der Waals surface area (Å²) in [5, 5.41) is 12.0. The van der Waals surface area contributed by atoms with Crippen LogP contribution in [0.25, 0.3) is 17.2 Å². The van der Waals surface area contributed by atoms with Crippen LogP contribution < -0.4 is 10.1 Å². The molecule has 0 bridgehead atoms. The van der Waals surface area contributed by atoms with Gasteiger partial charge in [0.15, 0.2) is 11.0 Å². The Morgan fingerprint density at radius 1 is 1.09 bits per heavy atom. The number of thioether (sulfide) groups is 1.